The molecule has 122 valence electrons. The zero-order valence-electron chi connectivity index (χ0n) is 12.7. The van der Waals surface area contributed by atoms with E-state index in [2.05, 4.69) is 5.32 Å². The van der Waals surface area contributed by atoms with E-state index in [9.17, 15) is 13.2 Å². The summed E-state index contributed by atoms with van der Waals surface area (Å²) >= 11 is 0. The fraction of sp³-hybridized carbons (Fsp3) is 0.312. The number of nitrogens with zero attached hydrogens (tertiary/aromatic N) is 1. The minimum absolute atomic E-state index is 0.0958. The summed E-state index contributed by atoms with van der Waals surface area (Å²) < 4.78 is 32.2. The second kappa shape index (κ2) is 6.17. The lowest BCUT2D eigenvalue weighted by Crippen LogP contribution is -2.28. The Morgan fingerprint density at radius 1 is 1.26 bits per heavy atom. The van der Waals surface area contributed by atoms with Gasteiger partial charge in [-0.1, -0.05) is 0 Å². The molecule has 7 heteroatoms. The van der Waals surface area contributed by atoms with Crippen LogP contribution in [0, 0.1) is 0 Å². The van der Waals surface area contributed by atoms with Crippen molar-refractivity contribution in [3.05, 3.63) is 48.4 Å². The SMILES string of the molecule is CC(=O)Nc1ccc(S(=O)(=O)N2CCC(c3ccco3)C2)cc1. The molecule has 3 rings (SSSR count). The van der Waals surface area contributed by atoms with E-state index in [0.717, 1.165) is 12.2 Å². The first-order valence-corrected chi connectivity index (χ1v) is 8.82. The van der Waals surface area contributed by atoms with Crippen LogP contribution in [-0.2, 0) is 14.8 Å². The standard InChI is InChI=1S/C16H18N2O4S/c1-12(19)17-14-4-6-15(7-5-14)23(20,21)18-9-8-13(11-18)16-3-2-10-22-16/h2-7,10,13H,8-9,11H2,1H3,(H,17,19). The number of carbonyl (C=O) groups excluding carboxylic acids is 1. The van der Waals surface area contributed by atoms with Crippen molar-refractivity contribution in [1.29, 1.82) is 0 Å². The van der Waals surface area contributed by atoms with Gasteiger partial charge in [-0.05, 0) is 42.8 Å². The van der Waals surface area contributed by atoms with Crippen LogP contribution < -0.4 is 5.32 Å². The number of furan rings is 1. The Hall–Kier alpha value is -2.12. The minimum atomic E-state index is -3.53. The first-order valence-electron chi connectivity index (χ1n) is 7.38. The van der Waals surface area contributed by atoms with E-state index < -0.39 is 10.0 Å². The maximum atomic E-state index is 12.7. The first kappa shape index (κ1) is 15.8. The molecule has 1 aliphatic heterocycles. The van der Waals surface area contributed by atoms with Crippen molar-refractivity contribution >= 4 is 21.6 Å². The van der Waals surface area contributed by atoms with Gasteiger partial charge in [0.2, 0.25) is 15.9 Å². The number of sulfonamides is 1. The lowest BCUT2D eigenvalue weighted by molar-refractivity contribution is -0.114. The molecule has 2 heterocycles. The number of nitrogens with one attached hydrogen (secondary N) is 1. The third kappa shape index (κ3) is 3.30. The molecule has 1 fully saturated rings. The fourth-order valence-corrected chi connectivity index (χ4v) is 4.27. The largest absolute Gasteiger partial charge is 0.469 e. The van der Waals surface area contributed by atoms with Gasteiger partial charge in [0.05, 0.1) is 11.2 Å². The molecule has 1 amide bonds. The Kier molecular flexibility index (Phi) is 4.23. The number of anilines is 1. The van der Waals surface area contributed by atoms with E-state index in [0.29, 0.717) is 18.8 Å². The van der Waals surface area contributed by atoms with Crippen LogP contribution in [0.2, 0.25) is 0 Å². The summed E-state index contributed by atoms with van der Waals surface area (Å²) in [5.41, 5.74) is 0.575. The van der Waals surface area contributed by atoms with E-state index in [1.165, 1.54) is 23.4 Å². The molecular weight excluding hydrogens is 316 g/mol. The van der Waals surface area contributed by atoms with Crippen molar-refractivity contribution in [3.8, 4) is 0 Å². The van der Waals surface area contributed by atoms with E-state index in [4.69, 9.17) is 4.42 Å². The van der Waals surface area contributed by atoms with Gasteiger partial charge in [-0.3, -0.25) is 4.79 Å². The molecule has 1 aromatic carbocycles. The van der Waals surface area contributed by atoms with E-state index >= 15 is 0 Å². The Morgan fingerprint density at radius 3 is 2.61 bits per heavy atom. The second-order valence-corrected chi connectivity index (χ2v) is 7.51. The van der Waals surface area contributed by atoms with Gasteiger partial charge >= 0.3 is 0 Å². The summed E-state index contributed by atoms with van der Waals surface area (Å²) in [6.07, 6.45) is 2.35. The highest BCUT2D eigenvalue weighted by atomic mass is 32.2. The normalized spacial score (nSPS) is 18.9. The summed E-state index contributed by atoms with van der Waals surface area (Å²) in [5, 5.41) is 2.62. The lowest BCUT2D eigenvalue weighted by Gasteiger charge is -2.16. The maximum Gasteiger partial charge on any atom is 0.243 e. The average Bonchev–Trinajstić information content (AvgIpc) is 3.18. The van der Waals surface area contributed by atoms with E-state index in [-0.39, 0.29) is 16.7 Å². The summed E-state index contributed by atoms with van der Waals surface area (Å²) in [4.78, 5) is 11.2. The molecule has 1 N–H and O–H groups in total. The monoisotopic (exact) mass is 334 g/mol. The number of carbonyl (C=O) groups is 1. The molecule has 0 aliphatic carbocycles. The molecule has 0 saturated carbocycles. The number of hydrogen-bond acceptors (Lipinski definition) is 4. The highest BCUT2D eigenvalue weighted by Crippen LogP contribution is 2.31. The zero-order chi connectivity index (χ0) is 16.4. The molecule has 1 saturated heterocycles. The zero-order valence-corrected chi connectivity index (χ0v) is 13.5. The van der Waals surface area contributed by atoms with Gasteiger partial charge in [-0.2, -0.15) is 4.31 Å². The van der Waals surface area contributed by atoms with Crippen LogP contribution in [0.15, 0.2) is 52.0 Å². The third-order valence-electron chi connectivity index (χ3n) is 3.91. The quantitative estimate of drug-likeness (QED) is 0.931. The Morgan fingerprint density at radius 2 is 2.00 bits per heavy atom. The summed E-state index contributed by atoms with van der Waals surface area (Å²) in [6, 6.07) is 9.90. The number of benzene rings is 1. The van der Waals surface area contributed by atoms with Gasteiger partial charge in [0.15, 0.2) is 0 Å². The van der Waals surface area contributed by atoms with Gasteiger partial charge < -0.3 is 9.73 Å². The number of hydrogen-bond donors (Lipinski definition) is 1. The van der Waals surface area contributed by atoms with Crippen LogP contribution in [-0.4, -0.2) is 31.7 Å². The molecular formula is C16H18N2O4S. The molecule has 23 heavy (non-hydrogen) atoms. The molecule has 0 radical (unpaired) electrons. The minimum Gasteiger partial charge on any atom is -0.469 e. The highest BCUT2D eigenvalue weighted by molar-refractivity contribution is 7.89. The third-order valence-corrected chi connectivity index (χ3v) is 5.79. The van der Waals surface area contributed by atoms with Crippen molar-refractivity contribution < 1.29 is 17.6 Å². The predicted molar refractivity (Wildman–Crippen MR) is 85.6 cm³/mol. The van der Waals surface area contributed by atoms with Crippen LogP contribution in [0.25, 0.3) is 0 Å². The Labute approximate surface area is 135 Å². The highest BCUT2D eigenvalue weighted by Gasteiger charge is 2.34. The average molecular weight is 334 g/mol. The van der Waals surface area contributed by atoms with Gasteiger partial charge in [0.25, 0.3) is 0 Å². The molecule has 6 nitrogen and oxygen atoms in total. The Bertz CT molecular complexity index is 782. The van der Waals surface area contributed by atoms with Gasteiger partial charge in [-0.25, -0.2) is 8.42 Å². The van der Waals surface area contributed by atoms with Crippen molar-refractivity contribution in [3.63, 3.8) is 0 Å². The van der Waals surface area contributed by atoms with Crippen molar-refractivity contribution in [2.75, 3.05) is 18.4 Å². The van der Waals surface area contributed by atoms with Gasteiger partial charge in [-0.15, -0.1) is 0 Å². The first-order chi connectivity index (χ1) is 11.0. The summed E-state index contributed by atoms with van der Waals surface area (Å²) in [5.74, 6) is 0.726. The molecule has 1 aromatic heterocycles. The van der Waals surface area contributed by atoms with Crippen molar-refractivity contribution in [1.82, 2.24) is 4.31 Å². The van der Waals surface area contributed by atoms with E-state index in [1.54, 1.807) is 18.4 Å². The maximum absolute atomic E-state index is 12.7. The van der Waals surface area contributed by atoms with Crippen LogP contribution in [0.1, 0.15) is 25.0 Å². The molecule has 2 aromatic rings. The lowest BCUT2D eigenvalue weighted by atomic mass is 10.1. The van der Waals surface area contributed by atoms with E-state index in [1.807, 2.05) is 12.1 Å². The second-order valence-electron chi connectivity index (χ2n) is 5.57. The molecule has 1 atom stereocenters. The van der Waals surface area contributed by atoms with Crippen molar-refractivity contribution in [2.45, 2.75) is 24.2 Å². The molecule has 0 spiro atoms. The van der Waals surface area contributed by atoms with Gasteiger partial charge in [0.1, 0.15) is 5.76 Å². The number of rotatable bonds is 4. The van der Waals surface area contributed by atoms with Crippen LogP contribution in [0.3, 0.4) is 0 Å². The van der Waals surface area contributed by atoms with Crippen LogP contribution in [0.4, 0.5) is 5.69 Å². The predicted octanol–water partition coefficient (Wildman–Crippen LogP) is 2.42. The Balaban J connectivity index is 1.75. The summed E-state index contributed by atoms with van der Waals surface area (Å²) in [7, 11) is -3.53. The topological polar surface area (TPSA) is 79.6 Å². The fourth-order valence-electron chi connectivity index (χ4n) is 2.76. The van der Waals surface area contributed by atoms with Crippen LogP contribution in [0.5, 0.6) is 0 Å². The van der Waals surface area contributed by atoms with Crippen LogP contribution >= 0.6 is 0 Å². The number of amides is 1. The molecule has 0 bridgehead atoms. The molecule has 1 unspecified atom stereocenters. The smallest absolute Gasteiger partial charge is 0.243 e. The summed E-state index contributed by atoms with van der Waals surface area (Å²) in [6.45, 7) is 2.30. The molecule has 1 aliphatic rings. The van der Waals surface area contributed by atoms with Gasteiger partial charge in [0, 0.05) is 31.6 Å². The van der Waals surface area contributed by atoms with Crippen molar-refractivity contribution in [2.24, 2.45) is 0 Å².